The van der Waals surface area contributed by atoms with Crippen LogP contribution in [-0.2, 0) is 4.84 Å². The molecule has 0 atom stereocenters. The predicted octanol–water partition coefficient (Wildman–Crippen LogP) is 1.47. The average Bonchev–Trinajstić information content (AvgIpc) is 2.40. The number of carbonyl (C=O) groups excluding carboxylic acids is 1. The third-order valence-corrected chi connectivity index (χ3v) is 3.05. The molecule has 0 bridgehead atoms. The van der Waals surface area contributed by atoms with Crippen LogP contribution >= 0.6 is 12.4 Å². The average molecular weight is 271 g/mol. The smallest absolute Gasteiger partial charge is 0.176 e. The summed E-state index contributed by atoms with van der Waals surface area (Å²) in [6.45, 7) is 3.98. The molecule has 1 heterocycles. The Morgan fingerprint density at radius 3 is 2.33 bits per heavy atom. The first-order chi connectivity index (χ1) is 8.29. The zero-order valence-electron chi connectivity index (χ0n) is 10.5. The lowest BCUT2D eigenvalue weighted by Crippen LogP contribution is -2.47. The standard InChI is InChI=1S/C13H18N2O2.ClH/c1-17-15-9-7-14(8-10-15)11-13(16)12-5-3-2-4-6-12;/h2-6H,7-11H2,1H3;1H. The van der Waals surface area contributed by atoms with Crippen LogP contribution in [-0.4, -0.2) is 55.6 Å². The van der Waals surface area contributed by atoms with E-state index in [2.05, 4.69) is 4.90 Å². The number of Topliss-reactive ketones (excluding diaryl/α,β-unsaturated/α-hetero) is 1. The van der Waals surface area contributed by atoms with Crippen molar-refractivity contribution in [3.8, 4) is 0 Å². The van der Waals surface area contributed by atoms with Gasteiger partial charge in [0.15, 0.2) is 5.78 Å². The Bertz CT molecular complexity index is 365. The predicted molar refractivity (Wildman–Crippen MR) is 73.0 cm³/mol. The van der Waals surface area contributed by atoms with Gasteiger partial charge in [0.2, 0.25) is 0 Å². The summed E-state index contributed by atoms with van der Waals surface area (Å²) < 4.78 is 0. The summed E-state index contributed by atoms with van der Waals surface area (Å²) >= 11 is 0. The minimum Gasteiger partial charge on any atom is -0.302 e. The molecule has 0 aliphatic carbocycles. The van der Waals surface area contributed by atoms with E-state index >= 15 is 0 Å². The van der Waals surface area contributed by atoms with E-state index in [-0.39, 0.29) is 18.2 Å². The van der Waals surface area contributed by atoms with Crippen LogP contribution in [0.1, 0.15) is 10.4 Å². The first kappa shape index (κ1) is 15.1. The van der Waals surface area contributed by atoms with Crippen molar-refractivity contribution in [1.82, 2.24) is 9.96 Å². The number of benzene rings is 1. The van der Waals surface area contributed by atoms with Gasteiger partial charge in [-0.2, -0.15) is 5.06 Å². The van der Waals surface area contributed by atoms with Crippen LogP contribution in [0.4, 0.5) is 0 Å². The number of nitrogens with zero attached hydrogens (tertiary/aromatic N) is 2. The Labute approximate surface area is 114 Å². The quantitative estimate of drug-likeness (QED) is 0.776. The van der Waals surface area contributed by atoms with Gasteiger partial charge in [-0.15, -0.1) is 12.4 Å². The molecular formula is C13H19ClN2O2. The second-order valence-corrected chi connectivity index (χ2v) is 4.18. The van der Waals surface area contributed by atoms with Crippen molar-refractivity contribution in [2.75, 3.05) is 39.8 Å². The van der Waals surface area contributed by atoms with Crippen LogP contribution in [0.5, 0.6) is 0 Å². The number of ketones is 1. The van der Waals surface area contributed by atoms with Crippen LogP contribution < -0.4 is 0 Å². The topological polar surface area (TPSA) is 32.8 Å². The molecule has 18 heavy (non-hydrogen) atoms. The van der Waals surface area contributed by atoms with Gasteiger partial charge in [-0.1, -0.05) is 30.3 Å². The Morgan fingerprint density at radius 1 is 1.17 bits per heavy atom. The van der Waals surface area contributed by atoms with Crippen molar-refractivity contribution in [1.29, 1.82) is 0 Å². The molecule has 0 aromatic heterocycles. The van der Waals surface area contributed by atoms with Crippen LogP contribution in [0.15, 0.2) is 30.3 Å². The van der Waals surface area contributed by atoms with Gasteiger partial charge in [0.25, 0.3) is 0 Å². The van der Waals surface area contributed by atoms with E-state index in [4.69, 9.17) is 4.84 Å². The van der Waals surface area contributed by atoms with Gasteiger partial charge in [0.1, 0.15) is 0 Å². The summed E-state index contributed by atoms with van der Waals surface area (Å²) in [7, 11) is 1.69. The first-order valence-corrected chi connectivity index (χ1v) is 5.89. The van der Waals surface area contributed by atoms with Crippen LogP contribution in [0.3, 0.4) is 0 Å². The molecular weight excluding hydrogens is 252 g/mol. The summed E-state index contributed by atoms with van der Waals surface area (Å²) in [5, 5.41) is 1.92. The maximum absolute atomic E-state index is 12.0. The molecule has 1 fully saturated rings. The van der Waals surface area contributed by atoms with Crippen molar-refractivity contribution in [3.05, 3.63) is 35.9 Å². The Kier molecular flexibility index (Phi) is 6.29. The maximum atomic E-state index is 12.0. The van der Waals surface area contributed by atoms with Crippen molar-refractivity contribution in [2.45, 2.75) is 0 Å². The number of hydrogen-bond acceptors (Lipinski definition) is 4. The fourth-order valence-electron chi connectivity index (χ4n) is 1.99. The maximum Gasteiger partial charge on any atom is 0.176 e. The van der Waals surface area contributed by atoms with Gasteiger partial charge in [-0.3, -0.25) is 9.69 Å². The summed E-state index contributed by atoms with van der Waals surface area (Å²) in [4.78, 5) is 19.3. The van der Waals surface area contributed by atoms with E-state index in [0.717, 1.165) is 31.7 Å². The van der Waals surface area contributed by atoms with Crippen LogP contribution in [0, 0.1) is 0 Å². The number of piperazine rings is 1. The number of halogens is 1. The molecule has 1 aromatic carbocycles. The number of carbonyl (C=O) groups is 1. The van der Waals surface area contributed by atoms with Gasteiger partial charge in [-0.25, -0.2) is 0 Å². The normalized spacial score (nSPS) is 17.2. The summed E-state index contributed by atoms with van der Waals surface area (Å²) in [6, 6.07) is 9.46. The van der Waals surface area contributed by atoms with E-state index in [0.29, 0.717) is 6.54 Å². The Balaban J connectivity index is 0.00000162. The molecule has 1 aromatic rings. The fraction of sp³-hybridized carbons (Fsp3) is 0.462. The molecule has 5 heteroatoms. The molecule has 4 nitrogen and oxygen atoms in total. The molecule has 0 unspecified atom stereocenters. The molecule has 0 radical (unpaired) electrons. The molecule has 1 aliphatic heterocycles. The lowest BCUT2D eigenvalue weighted by atomic mass is 10.1. The number of hydrogen-bond donors (Lipinski definition) is 0. The SMILES string of the molecule is CON1CCN(CC(=O)c2ccccc2)CC1.Cl. The lowest BCUT2D eigenvalue weighted by molar-refractivity contribution is -0.150. The molecule has 100 valence electrons. The molecule has 0 spiro atoms. The number of rotatable bonds is 4. The zero-order chi connectivity index (χ0) is 12.1. The molecule has 1 aliphatic rings. The lowest BCUT2D eigenvalue weighted by Gasteiger charge is -2.32. The van der Waals surface area contributed by atoms with E-state index < -0.39 is 0 Å². The third kappa shape index (κ3) is 4.07. The highest BCUT2D eigenvalue weighted by molar-refractivity contribution is 5.97. The first-order valence-electron chi connectivity index (χ1n) is 5.89. The molecule has 1 saturated heterocycles. The van der Waals surface area contributed by atoms with Crippen molar-refractivity contribution in [3.63, 3.8) is 0 Å². The summed E-state index contributed by atoms with van der Waals surface area (Å²) in [6.07, 6.45) is 0. The van der Waals surface area contributed by atoms with E-state index in [1.165, 1.54) is 0 Å². The number of hydroxylamine groups is 2. The Hall–Kier alpha value is -0.940. The largest absolute Gasteiger partial charge is 0.302 e. The Morgan fingerprint density at radius 2 is 1.78 bits per heavy atom. The van der Waals surface area contributed by atoms with Gasteiger partial charge in [0.05, 0.1) is 13.7 Å². The van der Waals surface area contributed by atoms with Crippen LogP contribution in [0.25, 0.3) is 0 Å². The minimum absolute atomic E-state index is 0. The summed E-state index contributed by atoms with van der Waals surface area (Å²) in [5.41, 5.74) is 0.793. The summed E-state index contributed by atoms with van der Waals surface area (Å²) in [5.74, 6) is 0.191. The third-order valence-electron chi connectivity index (χ3n) is 3.05. The van der Waals surface area contributed by atoms with E-state index in [9.17, 15) is 4.79 Å². The highest BCUT2D eigenvalue weighted by atomic mass is 35.5. The minimum atomic E-state index is 0. The van der Waals surface area contributed by atoms with E-state index in [1.54, 1.807) is 7.11 Å². The molecule has 0 saturated carbocycles. The van der Waals surface area contributed by atoms with Crippen molar-refractivity contribution in [2.24, 2.45) is 0 Å². The highest BCUT2D eigenvalue weighted by Gasteiger charge is 2.18. The van der Waals surface area contributed by atoms with Crippen molar-refractivity contribution < 1.29 is 9.63 Å². The van der Waals surface area contributed by atoms with Crippen LogP contribution in [0.2, 0.25) is 0 Å². The fourth-order valence-corrected chi connectivity index (χ4v) is 1.99. The monoisotopic (exact) mass is 270 g/mol. The van der Waals surface area contributed by atoms with Gasteiger partial charge in [0, 0.05) is 31.7 Å². The van der Waals surface area contributed by atoms with E-state index in [1.807, 2.05) is 35.4 Å². The zero-order valence-corrected chi connectivity index (χ0v) is 11.4. The highest BCUT2D eigenvalue weighted by Crippen LogP contribution is 2.05. The molecule has 2 rings (SSSR count). The second kappa shape index (κ2) is 7.48. The second-order valence-electron chi connectivity index (χ2n) is 4.18. The van der Waals surface area contributed by atoms with Gasteiger partial charge < -0.3 is 4.84 Å². The van der Waals surface area contributed by atoms with Gasteiger partial charge in [-0.05, 0) is 0 Å². The molecule has 0 N–H and O–H groups in total. The van der Waals surface area contributed by atoms with Crippen molar-refractivity contribution >= 4 is 18.2 Å². The molecule has 0 amide bonds. The van der Waals surface area contributed by atoms with Gasteiger partial charge >= 0.3 is 0 Å².